The summed E-state index contributed by atoms with van der Waals surface area (Å²) in [5.74, 6) is -1.64. The van der Waals surface area contributed by atoms with Gasteiger partial charge in [0.15, 0.2) is 0 Å². The van der Waals surface area contributed by atoms with Crippen LogP contribution in [-0.4, -0.2) is 16.6 Å². The van der Waals surface area contributed by atoms with E-state index >= 15 is 0 Å². The number of ketones is 1. The summed E-state index contributed by atoms with van der Waals surface area (Å²) >= 11 is 5.58. The molecule has 0 aliphatic heterocycles. The van der Waals surface area contributed by atoms with E-state index in [1.807, 2.05) is 0 Å². The van der Waals surface area contributed by atoms with Crippen molar-refractivity contribution in [3.05, 3.63) is 33.3 Å². The minimum Gasteiger partial charge on any atom is -0.314 e. The number of nitrogens with one attached hydrogen (secondary N) is 1. The Labute approximate surface area is 95.4 Å². The highest BCUT2D eigenvalue weighted by Crippen LogP contribution is 2.27. The predicted octanol–water partition coefficient (Wildman–Crippen LogP) is 1.78. The van der Waals surface area contributed by atoms with Gasteiger partial charge in [-0.05, 0) is 12.1 Å². The van der Waals surface area contributed by atoms with Crippen LogP contribution in [0.3, 0.4) is 0 Å². The molecule has 0 aromatic heterocycles. The van der Waals surface area contributed by atoms with Gasteiger partial charge in [0.1, 0.15) is 5.69 Å². The van der Waals surface area contributed by atoms with Crippen molar-refractivity contribution in [2.24, 2.45) is 0 Å². The Morgan fingerprint density at radius 2 is 2.06 bits per heavy atom. The fourth-order valence-electron chi connectivity index (χ4n) is 0.972. The Balaban J connectivity index is 3.09. The molecule has 0 saturated heterocycles. The molecule has 84 valence electrons. The number of anilines is 1. The zero-order valence-electron chi connectivity index (χ0n) is 8.19. The van der Waals surface area contributed by atoms with Gasteiger partial charge < -0.3 is 5.32 Å². The van der Waals surface area contributed by atoms with Crippen molar-refractivity contribution in [1.29, 1.82) is 0 Å². The predicted molar refractivity (Wildman–Crippen MR) is 57.4 cm³/mol. The minimum atomic E-state index is -0.912. The maximum absolute atomic E-state index is 11.1. The minimum absolute atomic E-state index is 0.0606. The normalized spacial score (nSPS) is 9.62. The number of carbonyl (C=O) groups excluding carboxylic acids is 2. The highest BCUT2D eigenvalue weighted by Gasteiger charge is 2.17. The molecule has 0 aliphatic rings. The van der Waals surface area contributed by atoms with E-state index in [4.69, 9.17) is 11.6 Å². The molecule has 1 aromatic rings. The molecule has 1 N–H and O–H groups in total. The van der Waals surface area contributed by atoms with Crippen LogP contribution in [0.15, 0.2) is 18.2 Å². The third-order valence-electron chi connectivity index (χ3n) is 1.72. The van der Waals surface area contributed by atoms with Gasteiger partial charge in [-0.15, -0.1) is 0 Å². The smallest absolute Gasteiger partial charge is 0.294 e. The first-order valence-corrected chi connectivity index (χ1v) is 4.55. The first-order valence-electron chi connectivity index (χ1n) is 4.17. The van der Waals surface area contributed by atoms with E-state index < -0.39 is 16.6 Å². The molecular weight excluding hydrogens is 236 g/mol. The number of hydrogen-bond donors (Lipinski definition) is 1. The molecule has 0 aliphatic carbocycles. The monoisotopic (exact) mass is 242 g/mol. The van der Waals surface area contributed by atoms with Crippen LogP contribution in [-0.2, 0) is 9.59 Å². The number of amides is 1. The fraction of sp³-hybridized carbons (Fsp3) is 0.111. The third-order valence-corrected chi connectivity index (χ3v) is 1.96. The maximum atomic E-state index is 11.1. The maximum Gasteiger partial charge on any atom is 0.294 e. The Morgan fingerprint density at radius 3 is 2.56 bits per heavy atom. The van der Waals surface area contributed by atoms with E-state index in [1.165, 1.54) is 12.1 Å². The van der Waals surface area contributed by atoms with Crippen molar-refractivity contribution in [3.8, 4) is 0 Å². The number of nitro benzene ring substituents is 1. The van der Waals surface area contributed by atoms with E-state index in [2.05, 4.69) is 5.32 Å². The molecule has 0 heterocycles. The summed E-state index contributed by atoms with van der Waals surface area (Å²) in [5, 5.41) is 12.9. The van der Waals surface area contributed by atoms with Crippen molar-refractivity contribution in [3.63, 3.8) is 0 Å². The van der Waals surface area contributed by atoms with Crippen LogP contribution < -0.4 is 5.32 Å². The van der Waals surface area contributed by atoms with Crippen LogP contribution in [0.5, 0.6) is 0 Å². The summed E-state index contributed by atoms with van der Waals surface area (Å²) in [6, 6.07) is 3.74. The number of rotatable bonds is 3. The largest absolute Gasteiger partial charge is 0.314 e. The summed E-state index contributed by atoms with van der Waals surface area (Å²) in [7, 11) is 0. The van der Waals surface area contributed by atoms with Crippen LogP contribution in [0.2, 0.25) is 5.02 Å². The molecule has 0 bridgehead atoms. The number of nitrogens with zero attached hydrogens (tertiary/aromatic N) is 1. The van der Waals surface area contributed by atoms with Crippen LogP contribution in [0.4, 0.5) is 11.4 Å². The van der Waals surface area contributed by atoms with Crippen molar-refractivity contribution in [2.45, 2.75) is 6.92 Å². The van der Waals surface area contributed by atoms with Gasteiger partial charge in [-0.25, -0.2) is 0 Å². The van der Waals surface area contributed by atoms with Gasteiger partial charge in [0.25, 0.3) is 11.6 Å². The van der Waals surface area contributed by atoms with E-state index in [0.717, 1.165) is 13.0 Å². The van der Waals surface area contributed by atoms with E-state index in [0.29, 0.717) is 0 Å². The number of nitro groups is 1. The van der Waals surface area contributed by atoms with Crippen molar-refractivity contribution in [2.75, 3.05) is 5.32 Å². The molecule has 6 nitrogen and oxygen atoms in total. The zero-order chi connectivity index (χ0) is 12.3. The van der Waals surface area contributed by atoms with E-state index in [9.17, 15) is 19.7 Å². The molecular formula is C9H7ClN2O4. The quantitative estimate of drug-likeness (QED) is 0.497. The lowest BCUT2D eigenvalue weighted by molar-refractivity contribution is -0.383. The Hall–Kier alpha value is -1.95. The number of benzene rings is 1. The van der Waals surface area contributed by atoms with Gasteiger partial charge in [-0.3, -0.25) is 19.7 Å². The molecule has 1 amide bonds. The van der Waals surface area contributed by atoms with E-state index in [-0.39, 0.29) is 16.4 Å². The number of Topliss-reactive ketones (excluding diaryl/α,β-unsaturated/α-hetero) is 1. The fourth-order valence-corrected chi connectivity index (χ4v) is 1.14. The first kappa shape index (κ1) is 12.1. The van der Waals surface area contributed by atoms with Gasteiger partial charge in [-0.1, -0.05) is 11.6 Å². The highest BCUT2D eigenvalue weighted by molar-refractivity contribution is 6.40. The molecule has 0 fully saturated rings. The molecule has 0 atom stereocenters. The van der Waals surface area contributed by atoms with Gasteiger partial charge in [0, 0.05) is 18.0 Å². The molecule has 0 radical (unpaired) electrons. The molecule has 0 spiro atoms. The molecule has 0 saturated carbocycles. The molecule has 7 heteroatoms. The molecule has 1 rings (SSSR count). The van der Waals surface area contributed by atoms with Gasteiger partial charge in [0.05, 0.1) is 4.92 Å². The number of carbonyl (C=O) groups is 2. The zero-order valence-corrected chi connectivity index (χ0v) is 8.95. The van der Waals surface area contributed by atoms with Crippen LogP contribution >= 0.6 is 11.6 Å². The standard InChI is InChI=1S/C9H7ClN2O4/c1-5(13)9(14)11-7-3-2-6(10)4-8(7)12(15)16/h2-4H,1H3,(H,11,14). The number of halogens is 1. The lowest BCUT2D eigenvalue weighted by atomic mass is 10.2. The van der Waals surface area contributed by atoms with E-state index in [1.54, 1.807) is 0 Å². The Morgan fingerprint density at radius 1 is 1.44 bits per heavy atom. The highest BCUT2D eigenvalue weighted by atomic mass is 35.5. The van der Waals surface area contributed by atoms with Gasteiger partial charge >= 0.3 is 0 Å². The van der Waals surface area contributed by atoms with Crippen LogP contribution in [0.25, 0.3) is 0 Å². The third kappa shape index (κ3) is 2.77. The first-order chi connectivity index (χ1) is 7.41. The van der Waals surface area contributed by atoms with Crippen molar-refractivity contribution >= 4 is 34.7 Å². The summed E-state index contributed by atoms with van der Waals surface area (Å²) in [6.07, 6.45) is 0. The van der Waals surface area contributed by atoms with Gasteiger partial charge in [0.2, 0.25) is 5.78 Å². The van der Waals surface area contributed by atoms with Crippen molar-refractivity contribution < 1.29 is 14.5 Å². The summed E-state index contributed by atoms with van der Waals surface area (Å²) in [4.78, 5) is 31.7. The van der Waals surface area contributed by atoms with Crippen molar-refractivity contribution in [1.82, 2.24) is 0 Å². The average molecular weight is 243 g/mol. The SMILES string of the molecule is CC(=O)C(=O)Nc1ccc(Cl)cc1[N+](=O)[O-]. The number of hydrogen-bond acceptors (Lipinski definition) is 4. The van der Waals surface area contributed by atoms with Crippen LogP contribution in [0.1, 0.15) is 6.92 Å². The summed E-state index contributed by atoms with van der Waals surface area (Å²) in [6.45, 7) is 1.07. The second-order valence-corrected chi connectivity index (χ2v) is 3.37. The summed E-state index contributed by atoms with van der Waals surface area (Å²) < 4.78 is 0. The van der Waals surface area contributed by atoms with Crippen LogP contribution in [0, 0.1) is 10.1 Å². The lowest BCUT2D eigenvalue weighted by Gasteiger charge is -2.03. The van der Waals surface area contributed by atoms with Gasteiger partial charge in [-0.2, -0.15) is 0 Å². The average Bonchev–Trinajstić information content (AvgIpc) is 2.20. The summed E-state index contributed by atoms with van der Waals surface area (Å²) in [5.41, 5.74) is -0.420. The lowest BCUT2D eigenvalue weighted by Crippen LogP contribution is -2.20. The second kappa shape index (κ2) is 4.71. The second-order valence-electron chi connectivity index (χ2n) is 2.93. The molecule has 16 heavy (non-hydrogen) atoms. The Bertz CT molecular complexity index is 473. The molecule has 0 unspecified atom stereocenters. The molecule has 1 aromatic carbocycles. The topological polar surface area (TPSA) is 89.3 Å². The Kier molecular flexibility index (Phi) is 3.57.